The molecule has 0 aliphatic heterocycles. The monoisotopic (exact) mass is 321 g/mol. The minimum atomic E-state index is 0.448. The average molecular weight is 322 g/mol. The van der Waals surface area contributed by atoms with Crippen molar-refractivity contribution >= 4 is 15.9 Å². The molecule has 0 aromatic carbocycles. The number of aromatic nitrogens is 2. The van der Waals surface area contributed by atoms with Crippen molar-refractivity contribution in [2.24, 2.45) is 0 Å². The number of pyridine rings is 1. The Balaban J connectivity index is 2.06. The van der Waals surface area contributed by atoms with Gasteiger partial charge < -0.3 is 9.88 Å². The quantitative estimate of drug-likeness (QED) is 0.878. The largest absolute Gasteiger partial charge is 0.348 e. The third kappa shape index (κ3) is 3.91. The second-order valence-corrected chi connectivity index (χ2v) is 5.63. The van der Waals surface area contributed by atoms with E-state index in [9.17, 15) is 0 Å². The SMILES string of the molecule is CCCC(NC)c1ccn(Cc2ccc(Br)cn2)c1. The average Bonchev–Trinajstić information content (AvgIpc) is 2.87. The van der Waals surface area contributed by atoms with Gasteiger partial charge in [0, 0.05) is 29.1 Å². The summed E-state index contributed by atoms with van der Waals surface area (Å²) in [7, 11) is 2.02. The van der Waals surface area contributed by atoms with Crippen LogP contribution in [0.4, 0.5) is 0 Å². The molecule has 0 saturated heterocycles. The lowest BCUT2D eigenvalue weighted by Crippen LogP contribution is -2.15. The zero-order valence-electron chi connectivity index (χ0n) is 11.4. The van der Waals surface area contributed by atoms with E-state index in [2.05, 4.69) is 56.2 Å². The van der Waals surface area contributed by atoms with Crippen LogP contribution in [0.3, 0.4) is 0 Å². The lowest BCUT2D eigenvalue weighted by molar-refractivity contribution is 0.540. The number of rotatable bonds is 6. The van der Waals surface area contributed by atoms with Crippen LogP contribution in [-0.4, -0.2) is 16.6 Å². The van der Waals surface area contributed by atoms with Gasteiger partial charge in [0.1, 0.15) is 0 Å². The molecular formula is C15H20BrN3. The van der Waals surface area contributed by atoms with Crippen LogP contribution in [0, 0.1) is 0 Å². The van der Waals surface area contributed by atoms with Crippen LogP contribution < -0.4 is 5.32 Å². The molecule has 0 aliphatic carbocycles. The smallest absolute Gasteiger partial charge is 0.0642 e. The Morgan fingerprint density at radius 3 is 2.84 bits per heavy atom. The van der Waals surface area contributed by atoms with Crippen LogP contribution in [0.1, 0.15) is 37.1 Å². The summed E-state index contributed by atoms with van der Waals surface area (Å²) in [6.45, 7) is 3.03. The molecule has 1 unspecified atom stereocenters. The Morgan fingerprint density at radius 1 is 1.37 bits per heavy atom. The molecule has 0 saturated carbocycles. The van der Waals surface area contributed by atoms with Gasteiger partial charge >= 0.3 is 0 Å². The minimum absolute atomic E-state index is 0.448. The third-order valence-electron chi connectivity index (χ3n) is 3.23. The fraction of sp³-hybridized carbons (Fsp3) is 0.400. The van der Waals surface area contributed by atoms with Gasteiger partial charge in [0.05, 0.1) is 12.2 Å². The lowest BCUT2D eigenvalue weighted by atomic mass is 10.1. The van der Waals surface area contributed by atoms with Gasteiger partial charge in [-0.3, -0.25) is 4.98 Å². The predicted octanol–water partition coefficient (Wildman–Crippen LogP) is 3.75. The zero-order valence-corrected chi connectivity index (χ0v) is 13.0. The van der Waals surface area contributed by atoms with Crippen molar-refractivity contribution in [3.05, 3.63) is 52.5 Å². The molecular weight excluding hydrogens is 302 g/mol. The Morgan fingerprint density at radius 2 is 2.21 bits per heavy atom. The van der Waals surface area contributed by atoms with E-state index in [0.29, 0.717) is 6.04 Å². The molecule has 2 aromatic heterocycles. The molecule has 1 N–H and O–H groups in total. The maximum Gasteiger partial charge on any atom is 0.0642 e. The zero-order chi connectivity index (χ0) is 13.7. The topological polar surface area (TPSA) is 29.9 Å². The fourth-order valence-corrected chi connectivity index (χ4v) is 2.45. The second kappa shape index (κ2) is 6.87. The summed E-state index contributed by atoms with van der Waals surface area (Å²) in [4.78, 5) is 4.40. The Kier molecular flexibility index (Phi) is 5.16. The summed E-state index contributed by atoms with van der Waals surface area (Å²) < 4.78 is 3.20. The highest BCUT2D eigenvalue weighted by Crippen LogP contribution is 2.18. The summed E-state index contributed by atoms with van der Waals surface area (Å²) in [5.41, 5.74) is 2.42. The van der Waals surface area contributed by atoms with Crippen LogP contribution >= 0.6 is 15.9 Å². The molecule has 0 spiro atoms. The van der Waals surface area contributed by atoms with E-state index in [1.165, 1.54) is 12.0 Å². The molecule has 102 valence electrons. The standard InChI is InChI=1S/C15H20BrN3/c1-3-4-15(17-2)12-7-8-19(10-12)11-14-6-5-13(16)9-18-14/h5-10,15,17H,3-4,11H2,1-2H3. The first-order chi connectivity index (χ1) is 9.22. The summed E-state index contributed by atoms with van der Waals surface area (Å²) in [5, 5.41) is 3.37. The molecule has 1 atom stereocenters. The third-order valence-corrected chi connectivity index (χ3v) is 3.70. The molecule has 2 aromatic rings. The van der Waals surface area contributed by atoms with E-state index < -0.39 is 0 Å². The van der Waals surface area contributed by atoms with Gasteiger partial charge in [0.25, 0.3) is 0 Å². The molecule has 2 rings (SSSR count). The van der Waals surface area contributed by atoms with Crippen molar-refractivity contribution < 1.29 is 0 Å². The highest BCUT2D eigenvalue weighted by Gasteiger charge is 2.09. The van der Waals surface area contributed by atoms with Gasteiger partial charge in [0.2, 0.25) is 0 Å². The molecule has 0 amide bonds. The van der Waals surface area contributed by atoms with Gasteiger partial charge in [-0.1, -0.05) is 13.3 Å². The van der Waals surface area contributed by atoms with Crippen molar-refractivity contribution in [2.75, 3.05) is 7.05 Å². The van der Waals surface area contributed by atoms with Crippen molar-refractivity contribution in [1.29, 1.82) is 0 Å². The fourth-order valence-electron chi connectivity index (χ4n) is 2.22. The van der Waals surface area contributed by atoms with Gasteiger partial charge in [-0.2, -0.15) is 0 Å². The normalized spacial score (nSPS) is 12.6. The summed E-state index contributed by atoms with van der Waals surface area (Å²) in [6.07, 6.45) is 8.52. The first-order valence-electron chi connectivity index (χ1n) is 6.66. The first-order valence-corrected chi connectivity index (χ1v) is 7.45. The molecule has 0 aliphatic rings. The summed E-state index contributed by atoms with van der Waals surface area (Å²) in [5.74, 6) is 0. The Bertz CT molecular complexity index is 504. The van der Waals surface area contributed by atoms with Crippen molar-refractivity contribution in [2.45, 2.75) is 32.4 Å². The Hall–Kier alpha value is -1.13. The van der Waals surface area contributed by atoms with Gasteiger partial charge in [0.15, 0.2) is 0 Å². The second-order valence-electron chi connectivity index (χ2n) is 4.71. The van der Waals surface area contributed by atoms with Gasteiger partial charge in [-0.05, 0) is 53.2 Å². The van der Waals surface area contributed by atoms with Crippen LogP contribution in [0.25, 0.3) is 0 Å². The molecule has 3 nitrogen and oxygen atoms in total. The van der Waals surface area contributed by atoms with Gasteiger partial charge in [-0.15, -0.1) is 0 Å². The highest BCUT2D eigenvalue weighted by atomic mass is 79.9. The van der Waals surface area contributed by atoms with Crippen LogP contribution in [0.15, 0.2) is 41.3 Å². The van der Waals surface area contributed by atoms with Crippen molar-refractivity contribution in [3.63, 3.8) is 0 Å². The van der Waals surface area contributed by atoms with Crippen LogP contribution in [0.5, 0.6) is 0 Å². The number of hydrogen-bond acceptors (Lipinski definition) is 2. The number of halogens is 1. The van der Waals surface area contributed by atoms with Crippen molar-refractivity contribution in [3.8, 4) is 0 Å². The molecule has 0 radical (unpaired) electrons. The van der Waals surface area contributed by atoms with E-state index >= 15 is 0 Å². The highest BCUT2D eigenvalue weighted by molar-refractivity contribution is 9.10. The van der Waals surface area contributed by atoms with Crippen molar-refractivity contribution in [1.82, 2.24) is 14.9 Å². The van der Waals surface area contributed by atoms with Crippen LogP contribution in [-0.2, 0) is 6.54 Å². The van der Waals surface area contributed by atoms with E-state index in [1.54, 1.807) is 0 Å². The minimum Gasteiger partial charge on any atom is -0.348 e. The number of nitrogens with one attached hydrogen (secondary N) is 1. The van der Waals surface area contributed by atoms with E-state index in [1.807, 2.05) is 25.4 Å². The van der Waals surface area contributed by atoms with Gasteiger partial charge in [-0.25, -0.2) is 0 Å². The lowest BCUT2D eigenvalue weighted by Gasteiger charge is -2.13. The maximum absolute atomic E-state index is 4.40. The van der Waals surface area contributed by atoms with E-state index in [0.717, 1.165) is 23.1 Å². The van der Waals surface area contributed by atoms with E-state index in [4.69, 9.17) is 0 Å². The summed E-state index contributed by atoms with van der Waals surface area (Å²) >= 11 is 3.40. The summed E-state index contributed by atoms with van der Waals surface area (Å²) in [6, 6.07) is 6.71. The number of hydrogen-bond donors (Lipinski definition) is 1. The first kappa shape index (κ1) is 14.3. The number of nitrogens with zero attached hydrogens (tertiary/aromatic N) is 2. The molecule has 2 heterocycles. The Labute approximate surface area is 123 Å². The molecule has 19 heavy (non-hydrogen) atoms. The molecule has 0 bridgehead atoms. The van der Waals surface area contributed by atoms with E-state index in [-0.39, 0.29) is 0 Å². The maximum atomic E-state index is 4.40. The molecule has 4 heteroatoms. The molecule has 0 fully saturated rings. The van der Waals surface area contributed by atoms with Crippen LogP contribution in [0.2, 0.25) is 0 Å². The predicted molar refractivity (Wildman–Crippen MR) is 82.2 cm³/mol.